The van der Waals surface area contributed by atoms with Crippen LogP contribution in [0.4, 0.5) is 5.69 Å². The van der Waals surface area contributed by atoms with Crippen molar-refractivity contribution in [1.29, 1.82) is 0 Å². The quantitative estimate of drug-likeness (QED) is 0.418. The van der Waals surface area contributed by atoms with Crippen LogP contribution in [0, 0.1) is 0 Å². The van der Waals surface area contributed by atoms with E-state index >= 15 is 0 Å². The predicted octanol–water partition coefficient (Wildman–Crippen LogP) is 4.65. The first-order valence-corrected chi connectivity index (χ1v) is 10.7. The summed E-state index contributed by atoms with van der Waals surface area (Å²) in [6.45, 7) is 0. The molecule has 0 saturated heterocycles. The summed E-state index contributed by atoms with van der Waals surface area (Å²) in [6, 6.07) is 20.7. The van der Waals surface area contributed by atoms with Crippen molar-refractivity contribution in [3.05, 3.63) is 84.0 Å². The molecule has 0 atom stereocenters. The second-order valence-corrected chi connectivity index (χ2v) is 8.11. The number of benzene rings is 2. The highest BCUT2D eigenvalue weighted by atomic mass is 32.1. The molecule has 0 aliphatic rings. The molecular formula is C23H15N7OS. The molecule has 0 fully saturated rings. The van der Waals surface area contributed by atoms with Crippen LogP contribution < -0.4 is 5.32 Å². The molecule has 1 amide bonds. The Morgan fingerprint density at radius 2 is 1.97 bits per heavy atom. The number of hydrogen-bond donors (Lipinski definition) is 2. The zero-order valence-electron chi connectivity index (χ0n) is 16.6. The molecule has 32 heavy (non-hydrogen) atoms. The number of hydrogen-bond acceptors (Lipinski definition) is 6. The number of carbonyl (C=O) groups excluding carboxylic acids is 1. The van der Waals surface area contributed by atoms with Crippen LogP contribution in [0.1, 0.15) is 10.4 Å². The van der Waals surface area contributed by atoms with Crippen LogP contribution in [0.25, 0.3) is 38.6 Å². The van der Waals surface area contributed by atoms with Gasteiger partial charge in [-0.3, -0.25) is 4.79 Å². The summed E-state index contributed by atoms with van der Waals surface area (Å²) in [5, 5.41) is 18.2. The smallest absolute Gasteiger partial charge is 0.255 e. The maximum atomic E-state index is 12.8. The molecule has 0 radical (unpaired) electrons. The summed E-state index contributed by atoms with van der Waals surface area (Å²) in [6.07, 6.45) is 1.61. The first-order chi connectivity index (χ1) is 15.7. The monoisotopic (exact) mass is 437 g/mol. The van der Waals surface area contributed by atoms with E-state index in [-0.39, 0.29) is 5.91 Å². The fourth-order valence-corrected chi connectivity index (χ4v) is 4.23. The predicted molar refractivity (Wildman–Crippen MR) is 124 cm³/mol. The minimum Gasteiger partial charge on any atom is -0.345 e. The molecule has 0 aliphatic heterocycles. The third-order valence-electron chi connectivity index (χ3n) is 5.10. The number of aromatic nitrogens is 6. The largest absolute Gasteiger partial charge is 0.345 e. The number of anilines is 1. The summed E-state index contributed by atoms with van der Waals surface area (Å²) in [4.78, 5) is 21.0. The van der Waals surface area contributed by atoms with Crippen molar-refractivity contribution in [2.45, 2.75) is 0 Å². The molecule has 6 aromatic rings. The van der Waals surface area contributed by atoms with Gasteiger partial charge in [0.25, 0.3) is 5.91 Å². The van der Waals surface area contributed by atoms with Crippen molar-refractivity contribution >= 4 is 39.6 Å². The minimum atomic E-state index is -0.194. The van der Waals surface area contributed by atoms with Crippen molar-refractivity contribution in [2.24, 2.45) is 0 Å². The Labute approximate surface area is 185 Å². The number of amides is 1. The van der Waals surface area contributed by atoms with Gasteiger partial charge >= 0.3 is 0 Å². The summed E-state index contributed by atoms with van der Waals surface area (Å²) in [5.41, 5.74) is 5.18. The van der Waals surface area contributed by atoms with Crippen molar-refractivity contribution in [3.8, 4) is 22.0 Å². The standard InChI is InChI=1S/C23H15N7OS/c31-23(15-6-7-18-19(12-15)25-13-24-18)26-16-4-1-3-14(11-16)17-8-9-21-27-28-22(30(21)29-17)20-5-2-10-32-20/h1-13H,(H,24,25)(H,26,31). The maximum absolute atomic E-state index is 12.8. The fourth-order valence-electron chi connectivity index (χ4n) is 3.54. The average Bonchev–Trinajstić information content (AvgIpc) is 3.58. The van der Waals surface area contributed by atoms with Crippen LogP contribution in [-0.2, 0) is 0 Å². The van der Waals surface area contributed by atoms with Crippen LogP contribution >= 0.6 is 11.3 Å². The number of nitrogens with zero attached hydrogens (tertiary/aromatic N) is 5. The Bertz CT molecular complexity index is 1580. The lowest BCUT2D eigenvalue weighted by molar-refractivity contribution is 0.102. The van der Waals surface area contributed by atoms with Gasteiger partial charge in [-0.15, -0.1) is 21.5 Å². The fraction of sp³-hybridized carbons (Fsp3) is 0. The SMILES string of the molecule is O=C(Nc1cccc(-c2ccc3nnc(-c4cccs4)n3n2)c1)c1ccc2nc[nH]c2c1. The van der Waals surface area contributed by atoms with Crippen LogP contribution in [0.2, 0.25) is 0 Å². The molecular weight excluding hydrogens is 422 g/mol. The van der Waals surface area contributed by atoms with Crippen molar-refractivity contribution in [2.75, 3.05) is 5.32 Å². The first kappa shape index (κ1) is 18.4. The van der Waals surface area contributed by atoms with E-state index in [1.807, 2.05) is 60.0 Å². The second-order valence-electron chi connectivity index (χ2n) is 7.16. The minimum absolute atomic E-state index is 0.194. The number of fused-ring (bicyclic) bond motifs is 2. The summed E-state index contributed by atoms with van der Waals surface area (Å²) in [7, 11) is 0. The van der Waals surface area contributed by atoms with Crippen molar-refractivity contribution in [1.82, 2.24) is 29.8 Å². The lowest BCUT2D eigenvalue weighted by atomic mass is 10.1. The number of aromatic amines is 1. The molecule has 8 nitrogen and oxygen atoms in total. The van der Waals surface area contributed by atoms with E-state index in [4.69, 9.17) is 5.10 Å². The molecule has 0 unspecified atom stereocenters. The molecule has 2 aromatic carbocycles. The van der Waals surface area contributed by atoms with Gasteiger partial charge in [0.15, 0.2) is 11.5 Å². The van der Waals surface area contributed by atoms with E-state index < -0.39 is 0 Å². The van der Waals surface area contributed by atoms with E-state index in [0.29, 0.717) is 22.7 Å². The van der Waals surface area contributed by atoms with E-state index in [9.17, 15) is 4.79 Å². The normalized spacial score (nSPS) is 11.2. The van der Waals surface area contributed by atoms with Gasteiger partial charge in [-0.25, -0.2) is 4.98 Å². The zero-order chi connectivity index (χ0) is 21.5. The Morgan fingerprint density at radius 1 is 1.00 bits per heavy atom. The second kappa shape index (κ2) is 7.40. The highest BCUT2D eigenvalue weighted by Crippen LogP contribution is 2.26. The molecule has 0 bridgehead atoms. The topological polar surface area (TPSA) is 101 Å². The molecule has 4 aromatic heterocycles. The van der Waals surface area contributed by atoms with Crippen LogP contribution in [0.5, 0.6) is 0 Å². The van der Waals surface area contributed by atoms with E-state index in [2.05, 4.69) is 25.5 Å². The molecule has 4 heterocycles. The summed E-state index contributed by atoms with van der Waals surface area (Å²) >= 11 is 1.59. The Balaban J connectivity index is 1.31. The highest BCUT2D eigenvalue weighted by Gasteiger charge is 2.13. The summed E-state index contributed by atoms with van der Waals surface area (Å²) in [5.74, 6) is 0.511. The Kier molecular flexibility index (Phi) is 4.25. The van der Waals surface area contributed by atoms with Crippen LogP contribution in [-0.4, -0.2) is 35.7 Å². The van der Waals surface area contributed by atoms with Gasteiger partial charge in [0.05, 0.1) is 27.9 Å². The maximum Gasteiger partial charge on any atom is 0.255 e. The van der Waals surface area contributed by atoms with Gasteiger partial charge in [-0.1, -0.05) is 18.2 Å². The molecule has 2 N–H and O–H groups in total. The molecule has 6 rings (SSSR count). The van der Waals surface area contributed by atoms with Crippen LogP contribution in [0.15, 0.2) is 78.4 Å². The molecule has 9 heteroatoms. The van der Waals surface area contributed by atoms with Gasteiger partial charge in [0, 0.05) is 16.8 Å². The average molecular weight is 437 g/mol. The van der Waals surface area contributed by atoms with Gasteiger partial charge < -0.3 is 10.3 Å². The first-order valence-electron chi connectivity index (χ1n) is 9.86. The van der Waals surface area contributed by atoms with Crippen molar-refractivity contribution < 1.29 is 4.79 Å². The lowest BCUT2D eigenvalue weighted by Gasteiger charge is -2.08. The third-order valence-corrected chi connectivity index (χ3v) is 5.97. The van der Waals surface area contributed by atoms with Gasteiger partial charge in [0.1, 0.15) is 0 Å². The zero-order valence-corrected chi connectivity index (χ0v) is 17.4. The molecule has 0 aliphatic carbocycles. The van der Waals surface area contributed by atoms with Gasteiger partial charge in [0.2, 0.25) is 0 Å². The number of thiophene rings is 1. The van der Waals surface area contributed by atoms with Crippen LogP contribution in [0.3, 0.4) is 0 Å². The number of rotatable bonds is 4. The highest BCUT2D eigenvalue weighted by molar-refractivity contribution is 7.13. The Morgan fingerprint density at radius 3 is 2.88 bits per heavy atom. The van der Waals surface area contributed by atoms with E-state index in [1.165, 1.54) is 0 Å². The van der Waals surface area contributed by atoms with E-state index in [0.717, 1.165) is 27.2 Å². The molecule has 0 spiro atoms. The van der Waals surface area contributed by atoms with Gasteiger partial charge in [-0.05, 0) is 53.9 Å². The Hall–Kier alpha value is -4.37. The lowest BCUT2D eigenvalue weighted by Crippen LogP contribution is -2.11. The van der Waals surface area contributed by atoms with E-state index in [1.54, 1.807) is 34.3 Å². The third kappa shape index (κ3) is 3.21. The van der Waals surface area contributed by atoms with Gasteiger partial charge in [-0.2, -0.15) is 9.61 Å². The van der Waals surface area contributed by atoms with Crippen molar-refractivity contribution in [3.63, 3.8) is 0 Å². The summed E-state index contributed by atoms with van der Waals surface area (Å²) < 4.78 is 1.74. The number of nitrogens with one attached hydrogen (secondary N) is 2. The number of imidazole rings is 1. The molecule has 154 valence electrons. The number of carbonyl (C=O) groups is 1. The number of H-pyrrole nitrogens is 1. The molecule has 0 saturated carbocycles.